The minimum atomic E-state index is 0.238. The minimum absolute atomic E-state index is 0.238. The van der Waals surface area contributed by atoms with Crippen LogP contribution in [-0.2, 0) is 4.79 Å². The number of fused-ring (bicyclic) bond motifs is 2. The Balaban J connectivity index is 1.51. The fraction of sp³-hybridized carbons (Fsp3) is 0.941. The Morgan fingerprint density at radius 1 is 1.25 bits per heavy atom. The molecule has 3 saturated carbocycles. The van der Waals surface area contributed by atoms with Crippen molar-refractivity contribution in [2.75, 3.05) is 6.54 Å². The summed E-state index contributed by atoms with van der Waals surface area (Å²) in [5, 5.41) is 3.26. The average Bonchev–Trinajstić information content (AvgIpc) is 3.16. The number of carbonyl (C=O) groups excluding carboxylic acids is 1. The summed E-state index contributed by atoms with van der Waals surface area (Å²) in [5.41, 5.74) is 6.77. The van der Waals surface area contributed by atoms with E-state index in [-0.39, 0.29) is 5.92 Å². The molecule has 2 bridgehead atoms. The first-order valence-electron chi connectivity index (χ1n) is 8.67. The molecule has 0 heterocycles. The lowest BCUT2D eigenvalue weighted by Gasteiger charge is -2.43. The first-order chi connectivity index (χ1) is 9.63. The van der Waals surface area contributed by atoms with Crippen LogP contribution in [-0.4, -0.2) is 18.5 Å². The number of amides is 1. The summed E-state index contributed by atoms with van der Waals surface area (Å²) < 4.78 is 0. The predicted octanol–water partition coefficient (Wildman–Crippen LogP) is 2.84. The van der Waals surface area contributed by atoms with Crippen LogP contribution in [0.4, 0.5) is 0 Å². The first kappa shape index (κ1) is 14.4. The molecule has 0 aliphatic heterocycles. The van der Waals surface area contributed by atoms with Crippen LogP contribution < -0.4 is 11.1 Å². The molecule has 3 fully saturated rings. The molecule has 0 aromatic carbocycles. The van der Waals surface area contributed by atoms with Crippen molar-refractivity contribution in [3.63, 3.8) is 0 Å². The summed E-state index contributed by atoms with van der Waals surface area (Å²) in [6, 6.07) is 0.364. The molecule has 0 aromatic rings. The molecule has 3 N–H and O–H groups in total. The van der Waals surface area contributed by atoms with E-state index in [1.54, 1.807) is 0 Å². The van der Waals surface area contributed by atoms with Crippen molar-refractivity contribution >= 4 is 5.91 Å². The first-order valence-corrected chi connectivity index (χ1v) is 8.67. The molecule has 3 nitrogen and oxygen atoms in total. The molecule has 2 atom stereocenters. The van der Waals surface area contributed by atoms with E-state index < -0.39 is 0 Å². The molecule has 0 spiro atoms. The van der Waals surface area contributed by atoms with Crippen LogP contribution in [0.25, 0.3) is 0 Å². The molecule has 0 radical (unpaired) electrons. The molecule has 3 aliphatic rings. The van der Waals surface area contributed by atoms with Gasteiger partial charge in [-0.25, -0.2) is 0 Å². The number of carbonyl (C=O) groups is 1. The Morgan fingerprint density at radius 3 is 2.45 bits per heavy atom. The van der Waals surface area contributed by atoms with Crippen molar-refractivity contribution in [2.45, 2.75) is 70.8 Å². The van der Waals surface area contributed by atoms with E-state index in [4.69, 9.17) is 5.73 Å². The molecular formula is C17H30N2O. The van der Waals surface area contributed by atoms with Crippen LogP contribution in [0.1, 0.15) is 64.7 Å². The fourth-order valence-electron chi connectivity index (χ4n) is 4.64. The molecule has 2 unspecified atom stereocenters. The van der Waals surface area contributed by atoms with Crippen LogP contribution in [0.3, 0.4) is 0 Å². The summed E-state index contributed by atoms with van der Waals surface area (Å²) in [4.78, 5) is 12.5. The van der Waals surface area contributed by atoms with E-state index in [0.29, 0.717) is 29.2 Å². The zero-order valence-corrected chi connectivity index (χ0v) is 12.9. The SMILES string of the molecule is CCCC1(CNC(=O)C2CC3CCCC(C2)C3N)CC1. The van der Waals surface area contributed by atoms with Crippen LogP contribution in [0, 0.1) is 23.2 Å². The zero-order valence-electron chi connectivity index (χ0n) is 12.9. The van der Waals surface area contributed by atoms with Gasteiger partial charge in [0.1, 0.15) is 0 Å². The van der Waals surface area contributed by atoms with Crippen molar-refractivity contribution < 1.29 is 4.79 Å². The Labute approximate surface area is 123 Å². The van der Waals surface area contributed by atoms with E-state index in [9.17, 15) is 4.79 Å². The van der Waals surface area contributed by atoms with Gasteiger partial charge in [0.15, 0.2) is 0 Å². The lowest BCUT2D eigenvalue weighted by atomic mass is 9.65. The van der Waals surface area contributed by atoms with E-state index in [0.717, 1.165) is 19.4 Å². The van der Waals surface area contributed by atoms with Gasteiger partial charge in [-0.05, 0) is 62.2 Å². The van der Waals surface area contributed by atoms with Crippen LogP contribution in [0.15, 0.2) is 0 Å². The summed E-state index contributed by atoms with van der Waals surface area (Å²) in [7, 11) is 0. The van der Waals surface area contributed by atoms with E-state index in [1.807, 2.05) is 0 Å². The Morgan fingerprint density at radius 2 is 1.90 bits per heavy atom. The maximum absolute atomic E-state index is 12.5. The van der Waals surface area contributed by atoms with Crippen LogP contribution >= 0.6 is 0 Å². The quantitative estimate of drug-likeness (QED) is 0.812. The van der Waals surface area contributed by atoms with Gasteiger partial charge in [0.25, 0.3) is 0 Å². The maximum atomic E-state index is 12.5. The second-order valence-electron chi connectivity index (χ2n) is 7.66. The standard InChI is InChI=1S/C17H30N2O/c1-2-6-17(7-8-17)11-19-16(20)14-9-12-4-3-5-13(10-14)15(12)18/h12-15H,2-11,18H2,1H3,(H,19,20). The van der Waals surface area contributed by atoms with Gasteiger partial charge in [0.2, 0.25) is 5.91 Å². The summed E-state index contributed by atoms with van der Waals surface area (Å²) in [6.45, 7) is 3.16. The van der Waals surface area contributed by atoms with Gasteiger partial charge in [-0.3, -0.25) is 4.79 Å². The highest BCUT2D eigenvalue weighted by Crippen LogP contribution is 2.49. The third-order valence-corrected chi connectivity index (χ3v) is 6.16. The monoisotopic (exact) mass is 278 g/mol. The predicted molar refractivity (Wildman–Crippen MR) is 81.1 cm³/mol. The van der Waals surface area contributed by atoms with Gasteiger partial charge < -0.3 is 11.1 Å². The molecule has 1 amide bonds. The molecular weight excluding hydrogens is 248 g/mol. The van der Waals surface area contributed by atoms with Gasteiger partial charge in [-0.1, -0.05) is 19.8 Å². The van der Waals surface area contributed by atoms with Crippen LogP contribution in [0.2, 0.25) is 0 Å². The van der Waals surface area contributed by atoms with Gasteiger partial charge in [-0.15, -0.1) is 0 Å². The summed E-state index contributed by atoms with van der Waals surface area (Å²) in [5.74, 6) is 1.76. The van der Waals surface area contributed by atoms with Crippen molar-refractivity contribution in [2.24, 2.45) is 28.9 Å². The van der Waals surface area contributed by atoms with Crippen molar-refractivity contribution in [3.05, 3.63) is 0 Å². The van der Waals surface area contributed by atoms with Crippen molar-refractivity contribution in [3.8, 4) is 0 Å². The molecule has 114 valence electrons. The largest absolute Gasteiger partial charge is 0.355 e. The molecule has 0 aromatic heterocycles. The van der Waals surface area contributed by atoms with Gasteiger partial charge in [0.05, 0.1) is 0 Å². The lowest BCUT2D eigenvalue weighted by Crippen LogP contribution is -2.49. The summed E-state index contributed by atoms with van der Waals surface area (Å²) in [6.07, 6.45) is 11.0. The number of nitrogens with one attached hydrogen (secondary N) is 1. The van der Waals surface area contributed by atoms with Gasteiger partial charge in [0, 0.05) is 18.5 Å². The Hall–Kier alpha value is -0.570. The van der Waals surface area contributed by atoms with E-state index in [1.165, 1.54) is 44.9 Å². The third kappa shape index (κ3) is 2.88. The molecule has 0 saturated heterocycles. The highest BCUT2D eigenvalue weighted by molar-refractivity contribution is 5.78. The van der Waals surface area contributed by atoms with E-state index in [2.05, 4.69) is 12.2 Å². The molecule has 20 heavy (non-hydrogen) atoms. The second-order valence-corrected chi connectivity index (χ2v) is 7.66. The number of nitrogens with two attached hydrogens (primary N) is 1. The zero-order chi connectivity index (χ0) is 14.2. The maximum Gasteiger partial charge on any atom is 0.223 e. The summed E-state index contributed by atoms with van der Waals surface area (Å²) >= 11 is 0. The minimum Gasteiger partial charge on any atom is -0.355 e. The van der Waals surface area contributed by atoms with Gasteiger partial charge >= 0.3 is 0 Å². The average molecular weight is 278 g/mol. The normalized spacial score (nSPS) is 38.3. The fourth-order valence-corrected chi connectivity index (χ4v) is 4.64. The lowest BCUT2D eigenvalue weighted by molar-refractivity contribution is -0.128. The Kier molecular flexibility index (Phi) is 4.07. The molecule has 3 heteroatoms. The van der Waals surface area contributed by atoms with Crippen molar-refractivity contribution in [1.29, 1.82) is 0 Å². The Bertz CT molecular complexity index is 350. The second kappa shape index (κ2) is 5.67. The third-order valence-electron chi connectivity index (χ3n) is 6.16. The highest BCUT2D eigenvalue weighted by atomic mass is 16.1. The molecule has 3 rings (SSSR count). The van der Waals surface area contributed by atoms with E-state index >= 15 is 0 Å². The number of hydrogen-bond acceptors (Lipinski definition) is 2. The van der Waals surface area contributed by atoms with Gasteiger partial charge in [-0.2, -0.15) is 0 Å². The van der Waals surface area contributed by atoms with Crippen molar-refractivity contribution in [1.82, 2.24) is 5.32 Å². The number of hydrogen-bond donors (Lipinski definition) is 2. The molecule has 3 aliphatic carbocycles. The topological polar surface area (TPSA) is 55.1 Å². The number of rotatable bonds is 5. The van der Waals surface area contributed by atoms with Crippen LogP contribution in [0.5, 0.6) is 0 Å². The highest BCUT2D eigenvalue weighted by Gasteiger charge is 2.43. The smallest absolute Gasteiger partial charge is 0.223 e.